The van der Waals surface area contributed by atoms with Gasteiger partial charge >= 0.3 is 0 Å². The molecule has 2 saturated carbocycles. The average Bonchev–Trinajstić information content (AvgIpc) is 3.75. The van der Waals surface area contributed by atoms with Crippen molar-refractivity contribution in [3.63, 3.8) is 0 Å². The van der Waals surface area contributed by atoms with Crippen LogP contribution < -0.4 is 20.7 Å². The number of amides is 2. The van der Waals surface area contributed by atoms with Crippen LogP contribution in [0, 0.1) is 11.8 Å². The second-order valence-corrected chi connectivity index (χ2v) is 10.4. The molecule has 0 radical (unpaired) electrons. The Morgan fingerprint density at radius 1 is 1.18 bits per heavy atom. The van der Waals surface area contributed by atoms with E-state index in [2.05, 4.69) is 25.9 Å². The Morgan fingerprint density at radius 3 is 2.55 bits per heavy atom. The largest absolute Gasteiger partial charge is 0.487 e. The van der Waals surface area contributed by atoms with Gasteiger partial charge < -0.3 is 25.7 Å². The zero-order valence-corrected chi connectivity index (χ0v) is 21.9. The van der Waals surface area contributed by atoms with E-state index in [1.807, 2.05) is 0 Å². The highest BCUT2D eigenvalue weighted by atomic mass is 35.5. The SMILES string of the molecule is CC1C(F)(F)C1(F)C(=O)NCc1ccc(Cl)c(Nc2nc3cc(OCC(F)F)c(C(=O)NCC4CC4)cc3[nH]2)c1. The quantitative estimate of drug-likeness (QED) is 0.227. The molecule has 14 heteroatoms. The number of nitrogens with one attached hydrogen (secondary N) is 4. The normalized spacial score (nSPS) is 21.4. The first-order valence-electron chi connectivity index (χ1n) is 12.5. The number of anilines is 2. The number of imidazole rings is 1. The van der Waals surface area contributed by atoms with Crippen molar-refractivity contribution in [2.75, 3.05) is 18.5 Å². The van der Waals surface area contributed by atoms with E-state index in [0.717, 1.165) is 19.8 Å². The second-order valence-electron chi connectivity index (χ2n) is 9.98. The van der Waals surface area contributed by atoms with Crippen molar-refractivity contribution in [3.05, 3.63) is 46.5 Å². The van der Waals surface area contributed by atoms with Gasteiger partial charge in [-0.1, -0.05) is 24.6 Å². The number of nitrogens with zero attached hydrogens (tertiary/aromatic N) is 1. The third-order valence-corrected chi connectivity index (χ3v) is 7.38. The summed E-state index contributed by atoms with van der Waals surface area (Å²) in [5, 5.41) is 8.18. The van der Waals surface area contributed by atoms with E-state index in [4.69, 9.17) is 16.3 Å². The molecule has 2 aliphatic carbocycles. The van der Waals surface area contributed by atoms with E-state index in [1.54, 1.807) is 0 Å². The maximum atomic E-state index is 14.3. The van der Waals surface area contributed by atoms with Crippen LogP contribution in [0.5, 0.6) is 5.75 Å². The Balaban J connectivity index is 1.33. The summed E-state index contributed by atoms with van der Waals surface area (Å²) in [6, 6.07) is 7.37. The van der Waals surface area contributed by atoms with Gasteiger partial charge in [0, 0.05) is 19.2 Å². The van der Waals surface area contributed by atoms with Gasteiger partial charge in [-0.15, -0.1) is 0 Å². The Bertz CT molecular complexity index is 1460. The third-order valence-electron chi connectivity index (χ3n) is 7.05. The van der Waals surface area contributed by atoms with Crippen molar-refractivity contribution >= 4 is 46.1 Å². The van der Waals surface area contributed by atoms with Gasteiger partial charge in [0.1, 0.15) is 12.4 Å². The Hall–Kier alpha value is -3.61. The van der Waals surface area contributed by atoms with Crippen molar-refractivity contribution in [2.24, 2.45) is 11.8 Å². The fourth-order valence-corrected chi connectivity index (χ4v) is 4.46. The van der Waals surface area contributed by atoms with Gasteiger partial charge in [-0.3, -0.25) is 9.59 Å². The number of aromatic nitrogens is 2. The van der Waals surface area contributed by atoms with Crippen LogP contribution in [0.25, 0.3) is 11.0 Å². The van der Waals surface area contributed by atoms with Gasteiger partial charge in [0.2, 0.25) is 5.95 Å². The molecule has 1 aromatic heterocycles. The minimum atomic E-state index is -3.72. The number of alkyl halides is 5. The zero-order chi connectivity index (χ0) is 28.8. The smallest absolute Gasteiger partial charge is 0.297 e. The molecular formula is C26H25ClF5N5O3. The number of benzene rings is 2. The van der Waals surface area contributed by atoms with Crippen LogP contribution in [0.2, 0.25) is 5.02 Å². The molecule has 2 unspecified atom stereocenters. The van der Waals surface area contributed by atoms with Crippen LogP contribution in [0.15, 0.2) is 30.3 Å². The molecule has 214 valence electrons. The predicted octanol–water partition coefficient (Wildman–Crippen LogP) is 5.35. The highest BCUT2D eigenvalue weighted by Gasteiger charge is 2.84. The van der Waals surface area contributed by atoms with Crippen LogP contribution in [0.3, 0.4) is 0 Å². The van der Waals surface area contributed by atoms with E-state index in [0.29, 0.717) is 34.7 Å². The van der Waals surface area contributed by atoms with Crippen molar-refractivity contribution < 1.29 is 36.3 Å². The number of fused-ring (bicyclic) bond motifs is 1. The Labute approximate surface area is 230 Å². The van der Waals surface area contributed by atoms with Crippen LogP contribution in [-0.2, 0) is 11.3 Å². The fraction of sp³-hybridized carbons (Fsp3) is 0.423. The highest BCUT2D eigenvalue weighted by Crippen LogP contribution is 2.61. The van der Waals surface area contributed by atoms with Gasteiger partial charge in [0.05, 0.1) is 33.2 Å². The van der Waals surface area contributed by atoms with E-state index < -0.39 is 42.4 Å². The number of aromatic amines is 1. The molecular weight excluding hydrogens is 561 g/mol. The number of rotatable bonds is 11. The van der Waals surface area contributed by atoms with Gasteiger partial charge in [-0.2, -0.15) is 0 Å². The van der Waals surface area contributed by atoms with Gasteiger partial charge in [-0.05, 0) is 42.5 Å². The van der Waals surface area contributed by atoms with Gasteiger partial charge in [-0.25, -0.2) is 26.9 Å². The zero-order valence-electron chi connectivity index (χ0n) is 21.1. The first-order chi connectivity index (χ1) is 18.9. The van der Waals surface area contributed by atoms with Gasteiger partial charge in [0.15, 0.2) is 0 Å². The molecule has 2 aliphatic rings. The lowest BCUT2D eigenvalue weighted by molar-refractivity contribution is -0.132. The van der Waals surface area contributed by atoms with E-state index in [9.17, 15) is 31.5 Å². The number of H-pyrrole nitrogens is 1. The molecule has 2 aromatic carbocycles. The standard InChI is InChI=1S/C26H25ClF5N5O3/c1-12-25(30,26(12,31)32)23(39)34-10-14-4-5-16(27)17(6-14)35-24-36-18-7-15(22(38)33-9-13-2-3-13)20(8-19(18)37-24)40-11-21(28)29/h4-8,12-13,21H,2-3,9-11H2,1H3,(H,33,38)(H,34,39)(H2,35,36,37). The van der Waals surface area contributed by atoms with Crippen LogP contribution >= 0.6 is 11.6 Å². The second kappa shape index (κ2) is 10.4. The third kappa shape index (κ3) is 5.38. The lowest BCUT2D eigenvalue weighted by Gasteiger charge is -2.11. The summed E-state index contributed by atoms with van der Waals surface area (Å²) in [7, 11) is 0. The van der Waals surface area contributed by atoms with Crippen molar-refractivity contribution in [1.82, 2.24) is 20.6 Å². The monoisotopic (exact) mass is 585 g/mol. The molecule has 1 heterocycles. The molecule has 40 heavy (non-hydrogen) atoms. The number of halogens is 6. The summed E-state index contributed by atoms with van der Waals surface area (Å²) in [5.41, 5.74) is -1.67. The molecule has 5 rings (SSSR count). The average molecular weight is 586 g/mol. The number of carbonyl (C=O) groups excluding carboxylic acids is 2. The van der Waals surface area contributed by atoms with Crippen molar-refractivity contribution in [1.29, 1.82) is 0 Å². The van der Waals surface area contributed by atoms with E-state index in [-0.39, 0.29) is 28.8 Å². The van der Waals surface area contributed by atoms with Crippen LogP contribution in [-0.4, -0.2) is 53.0 Å². The summed E-state index contributed by atoms with van der Waals surface area (Å²) in [5.74, 6) is -6.74. The molecule has 2 fully saturated rings. The molecule has 0 spiro atoms. The van der Waals surface area contributed by atoms with E-state index in [1.165, 1.54) is 30.3 Å². The first-order valence-corrected chi connectivity index (χ1v) is 12.9. The predicted molar refractivity (Wildman–Crippen MR) is 137 cm³/mol. The highest BCUT2D eigenvalue weighted by molar-refractivity contribution is 6.33. The lowest BCUT2D eigenvalue weighted by atomic mass is 10.1. The van der Waals surface area contributed by atoms with Gasteiger partial charge in [0.25, 0.3) is 29.8 Å². The molecule has 3 aromatic rings. The molecule has 8 nitrogen and oxygen atoms in total. The maximum Gasteiger partial charge on any atom is 0.297 e. The Morgan fingerprint density at radius 2 is 1.90 bits per heavy atom. The summed E-state index contributed by atoms with van der Waals surface area (Å²) < 4.78 is 72.1. The molecule has 2 amide bonds. The summed E-state index contributed by atoms with van der Waals surface area (Å²) in [6.07, 6.45) is -0.704. The topological polar surface area (TPSA) is 108 Å². The van der Waals surface area contributed by atoms with Crippen LogP contribution in [0.4, 0.5) is 33.6 Å². The number of ether oxygens (including phenoxy) is 1. The van der Waals surface area contributed by atoms with Crippen LogP contribution in [0.1, 0.15) is 35.7 Å². The summed E-state index contributed by atoms with van der Waals surface area (Å²) >= 11 is 6.28. The molecule has 0 aliphatic heterocycles. The lowest BCUT2D eigenvalue weighted by Crippen LogP contribution is -2.37. The maximum absolute atomic E-state index is 14.3. The Kier molecular flexibility index (Phi) is 7.28. The molecule has 0 saturated heterocycles. The molecule has 4 N–H and O–H groups in total. The van der Waals surface area contributed by atoms with Crippen molar-refractivity contribution in [3.8, 4) is 5.75 Å². The first kappa shape index (κ1) is 27.9. The summed E-state index contributed by atoms with van der Waals surface area (Å²) in [4.78, 5) is 32.1. The number of carbonyl (C=O) groups is 2. The fourth-order valence-electron chi connectivity index (χ4n) is 4.30. The number of hydrogen-bond acceptors (Lipinski definition) is 5. The minimum absolute atomic E-state index is 0.0453. The summed E-state index contributed by atoms with van der Waals surface area (Å²) in [6.45, 7) is 0.311. The minimum Gasteiger partial charge on any atom is -0.487 e. The molecule has 2 atom stereocenters. The van der Waals surface area contributed by atoms with E-state index >= 15 is 0 Å². The number of hydrogen-bond donors (Lipinski definition) is 4. The van der Waals surface area contributed by atoms with Crippen molar-refractivity contribution in [2.45, 2.75) is 44.3 Å². The molecule has 0 bridgehead atoms.